The summed E-state index contributed by atoms with van der Waals surface area (Å²) in [5.74, 6) is -1.06. The second-order valence-electron chi connectivity index (χ2n) is 4.84. The van der Waals surface area contributed by atoms with E-state index < -0.39 is 11.6 Å². The molecule has 2 aromatic rings. The summed E-state index contributed by atoms with van der Waals surface area (Å²) in [6, 6.07) is 6.18. The molecule has 2 rings (SSSR count). The Balaban J connectivity index is 2.08. The molecule has 0 bridgehead atoms. The second kappa shape index (κ2) is 9.28. The van der Waals surface area contributed by atoms with Gasteiger partial charge in [0.25, 0.3) is 0 Å². The van der Waals surface area contributed by atoms with E-state index >= 15 is 0 Å². The molecule has 1 heterocycles. The van der Waals surface area contributed by atoms with Crippen LogP contribution < -0.4 is 16.4 Å². The summed E-state index contributed by atoms with van der Waals surface area (Å²) < 4.78 is 27.4. The number of aliphatic hydroxyl groups is 1. The number of hydrogen-bond donors (Lipinski definition) is 4. The van der Waals surface area contributed by atoms with Crippen LogP contribution in [0.25, 0.3) is 0 Å². The van der Waals surface area contributed by atoms with E-state index in [1.165, 1.54) is 18.5 Å². The quantitative estimate of drug-likeness (QED) is 0.540. The van der Waals surface area contributed by atoms with Crippen molar-refractivity contribution in [3.63, 3.8) is 0 Å². The largest absolute Gasteiger partial charge is 0.403 e. The lowest BCUT2D eigenvalue weighted by atomic mass is 10.2. The predicted molar refractivity (Wildman–Crippen MR) is 92.1 cm³/mol. The van der Waals surface area contributed by atoms with Crippen LogP contribution in [0, 0.1) is 11.6 Å². The first-order valence-electron chi connectivity index (χ1n) is 7.43. The number of anilines is 2. The van der Waals surface area contributed by atoms with Crippen molar-refractivity contribution in [3.8, 4) is 0 Å². The highest BCUT2D eigenvalue weighted by atomic mass is 19.1. The number of nitrogens with zero attached hydrogens (tertiary/aromatic N) is 3. The maximum absolute atomic E-state index is 13.8. The summed E-state index contributed by atoms with van der Waals surface area (Å²) >= 11 is 0. The van der Waals surface area contributed by atoms with E-state index in [4.69, 9.17) is 10.8 Å². The third-order valence-corrected chi connectivity index (χ3v) is 3.04. The number of aliphatic hydroxyl groups excluding tert-OH is 1. The number of aromatic nitrogens is 2. The molecule has 0 radical (unpaired) electrons. The zero-order chi connectivity index (χ0) is 18.1. The van der Waals surface area contributed by atoms with Crippen molar-refractivity contribution in [3.05, 3.63) is 59.6 Å². The molecule has 9 heteroatoms. The normalized spacial score (nSPS) is 11.7. The smallest absolute Gasteiger partial charge is 0.229 e. The van der Waals surface area contributed by atoms with Crippen LogP contribution in [-0.4, -0.2) is 34.4 Å². The van der Waals surface area contributed by atoms with Crippen LogP contribution in [0.3, 0.4) is 0 Å². The molecule has 0 aliphatic carbocycles. The third-order valence-electron chi connectivity index (χ3n) is 3.04. The highest BCUT2D eigenvalue weighted by molar-refractivity contribution is 5.82. The summed E-state index contributed by atoms with van der Waals surface area (Å²) in [4.78, 5) is 11.7. The lowest BCUT2D eigenvalue weighted by molar-refractivity contribution is 0.307. The Hall–Kier alpha value is -3.07. The number of allylic oxidation sites excluding steroid dienone is 1. The molecule has 132 valence electrons. The van der Waals surface area contributed by atoms with Gasteiger partial charge in [0.1, 0.15) is 5.82 Å². The molecular weight excluding hydrogens is 330 g/mol. The summed E-state index contributed by atoms with van der Waals surface area (Å²) in [5.41, 5.74) is 6.22. The van der Waals surface area contributed by atoms with Gasteiger partial charge in [-0.25, -0.2) is 13.8 Å². The van der Waals surface area contributed by atoms with Crippen molar-refractivity contribution in [1.82, 2.24) is 9.97 Å². The summed E-state index contributed by atoms with van der Waals surface area (Å²) in [6.45, 7) is 0.196. The number of rotatable bonds is 8. The van der Waals surface area contributed by atoms with Crippen molar-refractivity contribution in [1.29, 1.82) is 0 Å². The van der Waals surface area contributed by atoms with Crippen molar-refractivity contribution in [2.24, 2.45) is 10.7 Å². The molecule has 0 saturated carbocycles. The van der Waals surface area contributed by atoms with Crippen LogP contribution >= 0.6 is 0 Å². The minimum atomic E-state index is -0.672. The van der Waals surface area contributed by atoms with Gasteiger partial charge in [0.2, 0.25) is 5.95 Å². The SMILES string of the molecule is N/C=C(\C=NCCO)Nc1ncc(F)c(NCc2ccccc2F)n1. The molecule has 0 atom stereocenters. The first-order valence-corrected chi connectivity index (χ1v) is 7.43. The fourth-order valence-electron chi connectivity index (χ4n) is 1.84. The Labute approximate surface area is 143 Å². The van der Waals surface area contributed by atoms with Crippen LogP contribution in [0.4, 0.5) is 20.5 Å². The van der Waals surface area contributed by atoms with Crippen LogP contribution in [0.2, 0.25) is 0 Å². The molecule has 0 saturated heterocycles. The van der Waals surface area contributed by atoms with E-state index in [2.05, 4.69) is 25.6 Å². The van der Waals surface area contributed by atoms with Gasteiger partial charge in [0.15, 0.2) is 11.6 Å². The predicted octanol–water partition coefficient (Wildman–Crippen LogP) is 1.64. The standard InChI is InChI=1S/C16H18F2N6O/c17-13-4-2-1-3-11(13)8-21-15-14(18)10-22-16(24-15)23-12(7-19)9-20-5-6-25/h1-4,7,9-10,25H,5-6,8,19H2,(H2,21,22,23,24)/b12-7+,20-9?. The maximum atomic E-state index is 13.8. The average molecular weight is 348 g/mol. The molecular formula is C16H18F2N6O. The molecule has 1 aromatic heterocycles. The van der Waals surface area contributed by atoms with Gasteiger partial charge in [-0.3, -0.25) is 4.99 Å². The van der Waals surface area contributed by atoms with Crippen LogP contribution in [-0.2, 0) is 6.54 Å². The summed E-state index contributed by atoms with van der Waals surface area (Å²) in [7, 11) is 0. The van der Waals surface area contributed by atoms with Crippen molar-refractivity contribution in [2.45, 2.75) is 6.54 Å². The van der Waals surface area contributed by atoms with Crippen LogP contribution in [0.15, 0.2) is 47.4 Å². The van der Waals surface area contributed by atoms with Gasteiger partial charge in [-0.2, -0.15) is 4.98 Å². The molecule has 0 aliphatic heterocycles. The van der Waals surface area contributed by atoms with Gasteiger partial charge in [0.05, 0.1) is 25.0 Å². The van der Waals surface area contributed by atoms with Gasteiger partial charge in [-0.1, -0.05) is 18.2 Å². The van der Waals surface area contributed by atoms with E-state index in [1.54, 1.807) is 18.2 Å². The number of benzene rings is 1. The first kappa shape index (κ1) is 18.3. The molecule has 5 N–H and O–H groups in total. The van der Waals surface area contributed by atoms with E-state index in [-0.39, 0.29) is 31.5 Å². The Morgan fingerprint density at radius 2 is 2.08 bits per heavy atom. The summed E-state index contributed by atoms with van der Waals surface area (Å²) in [6.07, 6.45) is 3.62. The maximum Gasteiger partial charge on any atom is 0.229 e. The van der Waals surface area contributed by atoms with E-state index in [1.807, 2.05) is 0 Å². The van der Waals surface area contributed by atoms with Gasteiger partial charge >= 0.3 is 0 Å². The number of nitrogens with one attached hydrogen (secondary N) is 2. The Kier molecular flexibility index (Phi) is 6.78. The number of nitrogens with two attached hydrogens (primary N) is 1. The van der Waals surface area contributed by atoms with Crippen LogP contribution in [0.5, 0.6) is 0 Å². The minimum absolute atomic E-state index is 0.0671. The van der Waals surface area contributed by atoms with E-state index in [0.717, 1.165) is 6.20 Å². The van der Waals surface area contributed by atoms with E-state index in [0.29, 0.717) is 11.3 Å². The molecule has 0 fully saturated rings. The molecule has 0 spiro atoms. The number of halogens is 2. The lowest BCUT2D eigenvalue weighted by Gasteiger charge is -2.10. The first-order chi connectivity index (χ1) is 12.1. The summed E-state index contributed by atoms with van der Waals surface area (Å²) in [5, 5.41) is 14.2. The Morgan fingerprint density at radius 1 is 1.28 bits per heavy atom. The fraction of sp³-hybridized carbons (Fsp3) is 0.188. The van der Waals surface area contributed by atoms with Gasteiger partial charge in [-0.05, 0) is 6.07 Å². The molecule has 0 aliphatic rings. The molecule has 25 heavy (non-hydrogen) atoms. The highest BCUT2D eigenvalue weighted by Crippen LogP contribution is 2.15. The highest BCUT2D eigenvalue weighted by Gasteiger charge is 2.09. The molecule has 0 amide bonds. The molecule has 1 aromatic carbocycles. The fourth-order valence-corrected chi connectivity index (χ4v) is 1.84. The van der Waals surface area contributed by atoms with Gasteiger partial charge < -0.3 is 21.5 Å². The van der Waals surface area contributed by atoms with Gasteiger partial charge in [-0.15, -0.1) is 0 Å². The molecule has 7 nitrogen and oxygen atoms in total. The topological polar surface area (TPSA) is 108 Å². The Morgan fingerprint density at radius 3 is 2.80 bits per heavy atom. The minimum Gasteiger partial charge on any atom is -0.403 e. The zero-order valence-electron chi connectivity index (χ0n) is 13.3. The zero-order valence-corrected chi connectivity index (χ0v) is 13.3. The number of hydrogen-bond acceptors (Lipinski definition) is 7. The Bertz CT molecular complexity index is 766. The average Bonchev–Trinajstić information content (AvgIpc) is 2.62. The van der Waals surface area contributed by atoms with Crippen molar-refractivity contribution in [2.75, 3.05) is 23.8 Å². The lowest BCUT2D eigenvalue weighted by Crippen LogP contribution is -2.11. The van der Waals surface area contributed by atoms with Crippen molar-refractivity contribution >= 4 is 18.0 Å². The third kappa shape index (κ3) is 5.50. The second-order valence-corrected chi connectivity index (χ2v) is 4.84. The molecule has 0 unspecified atom stereocenters. The monoisotopic (exact) mass is 348 g/mol. The van der Waals surface area contributed by atoms with Crippen LogP contribution in [0.1, 0.15) is 5.56 Å². The van der Waals surface area contributed by atoms with E-state index in [9.17, 15) is 8.78 Å². The van der Waals surface area contributed by atoms with Crippen molar-refractivity contribution < 1.29 is 13.9 Å². The van der Waals surface area contributed by atoms with Gasteiger partial charge in [0, 0.05) is 24.5 Å². The number of aliphatic imine (C=N–C) groups is 1.